The van der Waals surface area contributed by atoms with Gasteiger partial charge < -0.3 is 5.11 Å². The summed E-state index contributed by atoms with van der Waals surface area (Å²) in [5.41, 5.74) is 1.55. The second-order valence-electron chi connectivity index (χ2n) is 8.07. The van der Waals surface area contributed by atoms with Crippen molar-refractivity contribution in [3.8, 4) is 28.5 Å². The first-order chi connectivity index (χ1) is 16.7. The van der Waals surface area contributed by atoms with E-state index in [-0.39, 0.29) is 5.75 Å². The van der Waals surface area contributed by atoms with E-state index in [2.05, 4.69) is 72.6 Å². The molecule has 5 heteroatoms. The van der Waals surface area contributed by atoms with E-state index in [0.29, 0.717) is 22.4 Å². The van der Waals surface area contributed by atoms with Gasteiger partial charge in [0.25, 0.3) is 0 Å². The van der Waals surface area contributed by atoms with Crippen LogP contribution in [-0.2, 0) is 0 Å². The molecule has 0 spiro atoms. The predicted octanol–water partition coefficient (Wildman–Crippen LogP) is 7.48. The Kier molecular flexibility index (Phi) is 5.12. The molecule has 0 amide bonds. The normalized spacial score (nSPS) is 11.4. The van der Waals surface area contributed by atoms with Gasteiger partial charge in [-0.3, -0.25) is 0 Å². The third-order valence-electron chi connectivity index (χ3n) is 6.04. The summed E-state index contributed by atoms with van der Waals surface area (Å²) in [5, 5.41) is 18.1. The molecule has 4 nitrogen and oxygen atoms in total. The van der Waals surface area contributed by atoms with E-state index in [4.69, 9.17) is 9.97 Å². The molecular formula is C29H21N3OS. The lowest BCUT2D eigenvalue weighted by Gasteiger charge is -2.13. The number of benzene rings is 5. The number of aromatic nitrogens is 3. The SMILES string of the molecule is CCSc1nc(-c2ccccc2O)nc(-c2cc3c4ccccc4ccc3c3ccccc23)n1. The third kappa shape index (κ3) is 3.45. The van der Waals surface area contributed by atoms with Gasteiger partial charge in [-0.15, -0.1) is 0 Å². The average Bonchev–Trinajstić information content (AvgIpc) is 2.88. The molecule has 0 aliphatic heterocycles. The second-order valence-corrected chi connectivity index (χ2v) is 9.30. The van der Waals surface area contributed by atoms with Crippen molar-refractivity contribution in [2.24, 2.45) is 0 Å². The lowest BCUT2D eigenvalue weighted by atomic mass is 9.93. The van der Waals surface area contributed by atoms with Crippen LogP contribution in [0.1, 0.15) is 6.92 Å². The quantitative estimate of drug-likeness (QED) is 0.219. The highest BCUT2D eigenvalue weighted by Crippen LogP contribution is 2.38. The van der Waals surface area contributed by atoms with Crippen molar-refractivity contribution in [2.45, 2.75) is 12.1 Å². The summed E-state index contributed by atoms with van der Waals surface area (Å²) >= 11 is 1.57. The second kappa shape index (κ2) is 8.43. The Hall–Kier alpha value is -3.96. The Labute approximate surface area is 201 Å². The molecule has 0 radical (unpaired) electrons. The minimum Gasteiger partial charge on any atom is -0.507 e. The number of rotatable bonds is 4. The van der Waals surface area contributed by atoms with E-state index < -0.39 is 0 Å². The summed E-state index contributed by atoms with van der Waals surface area (Å²) in [5.74, 6) is 2.07. The highest BCUT2D eigenvalue weighted by atomic mass is 32.2. The minimum atomic E-state index is 0.154. The number of fused-ring (bicyclic) bond motifs is 5. The zero-order valence-electron chi connectivity index (χ0n) is 18.6. The molecule has 1 heterocycles. The largest absolute Gasteiger partial charge is 0.507 e. The number of aromatic hydroxyl groups is 1. The third-order valence-corrected chi connectivity index (χ3v) is 6.77. The highest BCUT2D eigenvalue weighted by Gasteiger charge is 2.17. The highest BCUT2D eigenvalue weighted by molar-refractivity contribution is 7.99. The summed E-state index contributed by atoms with van der Waals surface area (Å²) in [6.45, 7) is 2.07. The number of hydrogen-bond acceptors (Lipinski definition) is 5. The van der Waals surface area contributed by atoms with Crippen LogP contribution in [0.2, 0.25) is 0 Å². The van der Waals surface area contributed by atoms with E-state index in [9.17, 15) is 5.11 Å². The molecule has 6 aromatic rings. The molecule has 5 aromatic carbocycles. The summed E-state index contributed by atoms with van der Waals surface area (Å²) in [6.07, 6.45) is 0. The Bertz CT molecular complexity index is 1700. The molecule has 6 rings (SSSR count). The van der Waals surface area contributed by atoms with Gasteiger partial charge in [0.05, 0.1) is 5.56 Å². The maximum absolute atomic E-state index is 10.5. The molecular weight excluding hydrogens is 438 g/mol. The molecule has 0 atom stereocenters. The van der Waals surface area contributed by atoms with Crippen molar-refractivity contribution >= 4 is 44.1 Å². The van der Waals surface area contributed by atoms with E-state index in [1.165, 1.54) is 21.5 Å². The summed E-state index contributed by atoms with van der Waals surface area (Å²) in [6, 6.07) is 30.6. The first kappa shape index (κ1) is 20.6. The number of phenols is 1. The zero-order valence-corrected chi connectivity index (χ0v) is 19.4. The van der Waals surface area contributed by atoms with Crippen LogP contribution in [0.3, 0.4) is 0 Å². The predicted molar refractivity (Wildman–Crippen MR) is 141 cm³/mol. The molecule has 1 N–H and O–H groups in total. The lowest BCUT2D eigenvalue weighted by Crippen LogP contribution is -2.00. The van der Waals surface area contributed by atoms with Crippen LogP contribution in [0.4, 0.5) is 0 Å². The molecule has 1 aromatic heterocycles. The van der Waals surface area contributed by atoms with Gasteiger partial charge in [0, 0.05) is 5.56 Å². The summed E-state index contributed by atoms with van der Waals surface area (Å²) in [4.78, 5) is 14.4. The van der Waals surface area contributed by atoms with Crippen LogP contribution in [0, 0.1) is 0 Å². The number of hydrogen-bond donors (Lipinski definition) is 1. The van der Waals surface area contributed by atoms with Gasteiger partial charge in [-0.2, -0.15) is 0 Å². The number of para-hydroxylation sites is 1. The first-order valence-corrected chi connectivity index (χ1v) is 12.2. The fourth-order valence-corrected chi connectivity index (χ4v) is 5.06. The topological polar surface area (TPSA) is 58.9 Å². The van der Waals surface area contributed by atoms with E-state index >= 15 is 0 Å². The summed E-state index contributed by atoms with van der Waals surface area (Å²) < 4.78 is 0. The molecule has 0 saturated carbocycles. The maximum atomic E-state index is 10.5. The van der Waals surface area contributed by atoms with Crippen LogP contribution >= 0.6 is 11.8 Å². The van der Waals surface area contributed by atoms with Gasteiger partial charge in [0.15, 0.2) is 16.8 Å². The Morgan fingerprint density at radius 1 is 0.618 bits per heavy atom. The Morgan fingerprint density at radius 2 is 1.26 bits per heavy atom. The molecule has 0 bridgehead atoms. The molecule has 0 aliphatic rings. The number of thioether (sulfide) groups is 1. The van der Waals surface area contributed by atoms with Crippen molar-refractivity contribution in [3.05, 3.63) is 91.0 Å². The maximum Gasteiger partial charge on any atom is 0.191 e. The zero-order chi connectivity index (χ0) is 23.1. The van der Waals surface area contributed by atoms with Crippen LogP contribution in [-0.4, -0.2) is 25.8 Å². The smallest absolute Gasteiger partial charge is 0.191 e. The van der Waals surface area contributed by atoms with Crippen molar-refractivity contribution in [1.82, 2.24) is 15.0 Å². The molecule has 0 saturated heterocycles. The fourth-order valence-electron chi connectivity index (χ4n) is 4.50. The van der Waals surface area contributed by atoms with Gasteiger partial charge in [-0.05, 0) is 56.3 Å². The molecule has 0 aliphatic carbocycles. The van der Waals surface area contributed by atoms with Crippen molar-refractivity contribution in [1.29, 1.82) is 0 Å². The van der Waals surface area contributed by atoms with Crippen LogP contribution < -0.4 is 0 Å². The molecule has 0 unspecified atom stereocenters. The van der Waals surface area contributed by atoms with Gasteiger partial charge >= 0.3 is 0 Å². The molecule has 0 fully saturated rings. The lowest BCUT2D eigenvalue weighted by molar-refractivity contribution is 0.477. The van der Waals surface area contributed by atoms with E-state index in [0.717, 1.165) is 22.1 Å². The summed E-state index contributed by atoms with van der Waals surface area (Å²) in [7, 11) is 0. The van der Waals surface area contributed by atoms with E-state index in [1.807, 2.05) is 18.2 Å². The van der Waals surface area contributed by atoms with Gasteiger partial charge in [-0.25, -0.2) is 15.0 Å². The Morgan fingerprint density at radius 3 is 2.06 bits per heavy atom. The van der Waals surface area contributed by atoms with E-state index in [1.54, 1.807) is 23.9 Å². The molecule has 34 heavy (non-hydrogen) atoms. The standard InChI is InChI=1S/C29H21N3OS/c1-2-34-29-31-27(23-13-7-8-14-26(23)33)30-28(32-29)25-17-24-19-10-4-3-9-18(19)15-16-22(24)20-11-5-6-12-21(20)25/h3-17,33H,2H2,1H3. The van der Waals surface area contributed by atoms with Crippen molar-refractivity contribution in [3.63, 3.8) is 0 Å². The monoisotopic (exact) mass is 459 g/mol. The number of phenolic OH excluding ortho intramolecular Hbond substituents is 1. The van der Waals surface area contributed by atoms with Crippen LogP contribution in [0.25, 0.3) is 55.1 Å². The van der Waals surface area contributed by atoms with Gasteiger partial charge in [-0.1, -0.05) is 91.5 Å². The van der Waals surface area contributed by atoms with Crippen LogP contribution in [0.5, 0.6) is 5.75 Å². The average molecular weight is 460 g/mol. The van der Waals surface area contributed by atoms with Crippen molar-refractivity contribution < 1.29 is 5.11 Å². The van der Waals surface area contributed by atoms with Gasteiger partial charge in [0.1, 0.15) is 5.75 Å². The van der Waals surface area contributed by atoms with Crippen molar-refractivity contribution in [2.75, 3.05) is 5.75 Å². The number of nitrogens with zero attached hydrogens (tertiary/aromatic N) is 3. The molecule has 164 valence electrons. The van der Waals surface area contributed by atoms with Crippen LogP contribution in [0.15, 0.2) is 96.2 Å². The Balaban J connectivity index is 1.70. The first-order valence-electron chi connectivity index (χ1n) is 11.2. The fraction of sp³-hybridized carbons (Fsp3) is 0.0690. The van der Waals surface area contributed by atoms with Gasteiger partial charge in [0.2, 0.25) is 0 Å². The minimum absolute atomic E-state index is 0.154.